The second-order valence-corrected chi connectivity index (χ2v) is 7.59. The molecule has 1 aliphatic rings. The number of aromatic nitrogens is 1. The molecular weight excluding hydrogens is 362 g/mol. The van der Waals surface area contributed by atoms with Gasteiger partial charge in [0.15, 0.2) is 0 Å². The number of aliphatic carboxylic acids is 1. The third kappa shape index (κ3) is 3.53. The van der Waals surface area contributed by atoms with Crippen LogP contribution in [0.15, 0.2) is 36.4 Å². The predicted octanol–water partition coefficient (Wildman–Crippen LogP) is 4.64. The van der Waals surface area contributed by atoms with Crippen molar-refractivity contribution in [3.05, 3.63) is 52.5 Å². The van der Waals surface area contributed by atoms with Crippen LogP contribution in [-0.4, -0.2) is 29.3 Å². The van der Waals surface area contributed by atoms with E-state index in [0.717, 1.165) is 33.5 Å². The van der Waals surface area contributed by atoms with Gasteiger partial charge in [0.1, 0.15) is 22.6 Å². The number of nitrogens with zero attached hydrogens (tertiary/aromatic N) is 1. The summed E-state index contributed by atoms with van der Waals surface area (Å²) in [5.74, 6) is 0.634. The molecule has 3 aromatic rings. The maximum absolute atomic E-state index is 11.5. The number of para-hydroxylation sites is 1. The van der Waals surface area contributed by atoms with E-state index >= 15 is 0 Å². The number of ether oxygens (including phenoxy) is 2. The van der Waals surface area contributed by atoms with Crippen molar-refractivity contribution in [3.63, 3.8) is 0 Å². The van der Waals surface area contributed by atoms with Crippen LogP contribution in [0.2, 0.25) is 0 Å². The average molecular weight is 381 g/mol. The number of rotatable bonds is 5. The van der Waals surface area contributed by atoms with Crippen molar-refractivity contribution in [1.82, 2.24) is 4.98 Å². The van der Waals surface area contributed by atoms with E-state index < -0.39 is 5.97 Å². The molecule has 0 spiro atoms. The molecule has 0 bridgehead atoms. The molecule has 1 atom stereocenters. The Morgan fingerprint density at radius 2 is 2.22 bits per heavy atom. The lowest BCUT2D eigenvalue weighted by atomic mass is 10.0. The summed E-state index contributed by atoms with van der Waals surface area (Å²) in [4.78, 5) is 16.1. The summed E-state index contributed by atoms with van der Waals surface area (Å²) in [6.45, 7) is 2.03. The fraction of sp³-hybridized carbons (Fsp3) is 0.238. The average Bonchev–Trinajstić information content (AvgIpc) is 3.21. The van der Waals surface area contributed by atoms with Crippen LogP contribution in [0.1, 0.15) is 29.5 Å². The number of carbonyl (C=O) groups is 1. The van der Waals surface area contributed by atoms with Crippen molar-refractivity contribution in [1.29, 1.82) is 0 Å². The third-order valence-electron chi connectivity index (χ3n) is 4.49. The van der Waals surface area contributed by atoms with Gasteiger partial charge >= 0.3 is 5.97 Å². The molecule has 1 aliphatic heterocycles. The molecule has 4 rings (SSSR count). The Labute approximate surface area is 160 Å². The number of hydrogen-bond acceptors (Lipinski definition) is 5. The Bertz CT molecular complexity index is 1020. The zero-order valence-electron chi connectivity index (χ0n) is 15.1. The number of methoxy groups -OCH3 is 1. The molecule has 6 heteroatoms. The molecule has 1 N–H and O–H groups in total. The summed E-state index contributed by atoms with van der Waals surface area (Å²) in [6, 6.07) is 11.7. The molecule has 138 valence electrons. The molecule has 5 nitrogen and oxygen atoms in total. The molecule has 0 saturated carbocycles. The monoisotopic (exact) mass is 381 g/mol. The van der Waals surface area contributed by atoms with Crippen molar-refractivity contribution in [2.24, 2.45) is 0 Å². The smallest absolute Gasteiger partial charge is 0.307 e. The largest absolute Gasteiger partial charge is 0.496 e. The highest BCUT2D eigenvalue weighted by Crippen LogP contribution is 2.38. The normalized spacial score (nSPS) is 16.2. The zero-order chi connectivity index (χ0) is 19.0. The summed E-state index contributed by atoms with van der Waals surface area (Å²) < 4.78 is 12.4. The first-order chi connectivity index (χ1) is 13.0. The van der Waals surface area contributed by atoms with Gasteiger partial charge in [-0.3, -0.25) is 4.79 Å². The molecule has 27 heavy (non-hydrogen) atoms. The second kappa shape index (κ2) is 7.04. The van der Waals surface area contributed by atoms with Crippen molar-refractivity contribution < 1.29 is 19.4 Å². The van der Waals surface area contributed by atoms with E-state index in [1.54, 1.807) is 7.11 Å². The van der Waals surface area contributed by atoms with E-state index in [1.165, 1.54) is 11.3 Å². The minimum absolute atomic E-state index is 0.114. The quantitative estimate of drug-likeness (QED) is 0.697. The highest BCUT2D eigenvalue weighted by atomic mass is 32.1. The Hall–Kier alpha value is -2.86. The molecule has 2 aromatic carbocycles. The lowest BCUT2D eigenvalue weighted by molar-refractivity contribution is -0.135. The predicted molar refractivity (Wildman–Crippen MR) is 107 cm³/mol. The molecule has 0 fully saturated rings. The number of fused-ring (bicyclic) bond motifs is 2. The van der Waals surface area contributed by atoms with E-state index in [0.29, 0.717) is 16.3 Å². The molecule has 0 saturated heterocycles. The van der Waals surface area contributed by atoms with Crippen LogP contribution in [0, 0.1) is 0 Å². The highest BCUT2D eigenvalue weighted by Gasteiger charge is 2.22. The lowest BCUT2D eigenvalue weighted by Crippen LogP contribution is -2.05. The van der Waals surface area contributed by atoms with Crippen molar-refractivity contribution in [2.75, 3.05) is 7.11 Å². The summed E-state index contributed by atoms with van der Waals surface area (Å²) in [5.41, 5.74) is 3.41. The number of carboxylic acids is 1. The molecule has 1 unspecified atom stereocenters. The van der Waals surface area contributed by atoms with E-state index in [1.807, 2.05) is 49.4 Å². The number of benzene rings is 2. The maximum atomic E-state index is 11.5. The van der Waals surface area contributed by atoms with Gasteiger partial charge < -0.3 is 14.6 Å². The van der Waals surface area contributed by atoms with Crippen LogP contribution in [0.25, 0.3) is 21.9 Å². The summed E-state index contributed by atoms with van der Waals surface area (Å²) in [6.07, 6.45) is 2.70. The lowest BCUT2D eigenvalue weighted by Gasteiger charge is -2.10. The van der Waals surface area contributed by atoms with E-state index in [4.69, 9.17) is 9.47 Å². The fourth-order valence-corrected chi connectivity index (χ4v) is 4.27. The second-order valence-electron chi connectivity index (χ2n) is 6.56. The van der Waals surface area contributed by atoms with Gasteiger partial charge in [0, 0.05) is 17.5 Å². The summed E-state index contributed by atoms with van der Waals surface area (Å²) >= 11 is 1.49. The third-order valence-corrected chi connectivity index (χ3v) is 5.60. The van der Waals surface area contributed by atoms with Gasteiger partial charge in [0.05, 0.1) is 23.7 Å². The van der Waals surface area contributed by atoms with E-state index in [2.05, 4.69) is 4.98 Å². The van der Waals surface area contributed by atoms with Gasteiger partial charge in [-0.05, 0) is 42.8 Å². The zero-order valence-corrected chi connectivity index (χ0v) is 15.9. The van der Waals surface area contributed by atoms with Gasteiger partial charge in [-0.2, -0.15) is 0 Å². The first kappa shape index (κ1) is 17.5. The van der Waals surface area contributed by atoms with Crippen LogP contribution in [-0.2, 0) is 11.2 Å². The van der Waals surface area contributed by atoms with Crippen LogP contribution in [0.3, 0.4) is 0 Å². The van der Waals surface area contributed by atoms with Gasteiger partial charge in [0.25, 0.3) is 0 Å². The summed E-state index contributed by atoms with van der Waals surface area (Å²) in [7, 11) is 1.62. The minimum Gasteiger partial charge on any atom is -0.496 e. The topological polar surface area (TPSA) is 68.7 Å². The van der Waals surface area contributed by atoms with Gasteiger partial charge in [-0.25, -0.2) is 4.98 Å². The molecule has 0 radical (unpaired) electrons. The standard InChI is InChI=1S/C21H19NO4S/c1-12-7-13-9-17(25-2)14(10-18(13)26-12)8-15(11-20(23)24)21-22-16-5-3-4-6-19(16)27-21/h3-6,8-10,12H,7,11H2,1-2H3,(H,23,24)/b15-8+. The van der Waals surface area contributed by atoms with E-state index in [9.17, 15) is 9.90 Å². The van der Waals surface area contributed by atoms with Crippen LogP contribution in [0.5, 0.6) is 11.5 Å². The number of carboxylic acid groups (broad SMARTS) is 1. The molecular formula is C21H19NO4S. The minimum atomic E-state index is -0.898. The van der Waals surface area contributed by atoms with Crippen molar-refractivity contribution in [2.45, 2.75) is 25.9 Å². The molecule has 2 heterocycles. The Balaban J connectivity index is 1.82. The van der Waals surface area contributed by atoms with Gasteiger partial charge in [-0.15, -0.1) is 11.3 Å². The van der Waals surface area contributed by atoms with Crippen LogP contribution in [0.4, 0.5) is 0 Å². The van der Waals surface area contributed by atoms with Crippen molar-refractivity contribution in [3.8, 4) is 11.5 Å². The van der Waals surface area contributed by atoms with E-state index in [-0.39, 0.29) is 12.5 Å². The SMILES string of the molecule is COc1cc2c(cc1/C=C(\CC(=O)O)c1nc3ccccc3s1)OC(C)C2. The Morgan fingerprint density at radius 1 is 1.41 bits per heavy atom. The number of thiazole rings is 1. The maximum Gasteiger partial charge on any atom is 0.307 e. The van der Waals surface area contributed by atoms with Crippen molar-refractivity contribution >= 4 is 39.2 Å². The molecule has 1 aromatic heterocycles. The first-order valence-corrected chi connectivity index (χ1v) is 9.51. The van der Waals surface area contributed by atoms with Crippen LogP contribution >= 0.6 is 11.3 Å². The van der Waals surface area contributed by atoms with Gasteiger partial charge in [0.2, 0.25) is 0 Å². The molecule has 0 aliphatic carbocycles. The highest BCUT2D eigenvalue weighted by molar-refractivity contribution is 7.19. The van der Waals surface area contributed by atoms with Crippen LogP contribution < -0.4 is 9.47 Å². The van der Waals surface area contributed by atoms with Gasteiger partial charge in [-0.1, -0.05) is 12.1 Å². The first-order valence-electron chi connectivity index (χ1n) is 8.69. The Kier molecular flexibility index (Phi) is 4.58. The Morgan fingerprint density at radius 3 is 2.96 bits per heavy atom. The fourth-order valence-electron chi connectivity index (χ4n) is 3.29. The number of hydrogen-bond donors (Lipinski definition) is 1. The molecule has 0 amide bonds. The summed E-state index contributed by atoms with van der Waals surface area (Å²) in [5, 5.41) is 10.1.